The molecule has 0 saturated carbocycles. The molecule has 0 aromatic heterocycles. The van der Waals surface area contributed by atoms with Gasteiger partial charge < -0.3 is 0 Å². The molecule has 4 heteroatoms. The van der Waals surface area contributed by atoms with Crippen molar-refractivity contribution < 1.29 is 14.2 Å². The van der Waals surface area contributed by atoms with Gasteiger partial charge in [-0.15, -0.1) is 0 Å². The minimum atomic E-state index is -3.43. The molecular weight excluding hydrogens is 295 g/mol. The molecule has 0 bridgehead atoms. The zero-order valence-corrected chi connectivity index (χ0v) is 13.6. The minimum absolute atomic E-state index is 0.558. The number of hydrogen-bond acceptors (Lipinski definition) is 3. The quantitative estimate of drug-likeness (QED) is 0.675. The van der Waals surface area contributed by atoms with Crippen molar-refractivity contribution in [1.82, 2.24) is 0 Å². The van der Waals surface area contributed by atoms with E-state index in [0.717, 1.165) is 11.1 Å². The summed E-state index contributed by atoms with van der Waals surface area (Å²) < 4.78 is 11.7. The molecule has 2 aromatic carbocycles. The fourth-order valence-electron chi connectivity index (χ4n) is 2.78. The van der Waals surface area contributed by atoms with Crippen LogP contribution < -0.4 is 14.6 Å². The molecule has 0 radical (unpaired) electrons. The van der Waals surface area contributed by atoms with Gasteiger partial charge in [0.1, 0.15) is 0 Å². The van der Waals surface area contributed by atoms with Gasteiger partial charge in [-0.3, -0.25) is 0 Å². The van der Waals surface area contributed by atoms with Crippen LogP contribution in [0.3, 0.4) is 0 Å². The molecule has 22 heavy (non-hydrogen) atoms. The first kappa shape index (κ1) is 15.1. The summed E-state index contributed by atoms with van der Waals surface area (Å²) in [7, 11) is -3.43. The third-order valence-corrected chi connectivity index (χ3v) is 7.97. The van der Waals surface area contributed by atoms with Crippen LogP contribution in [0.2, 0.25) is 0 Å². The van der Waals surface area contributed by atoms with Gasteiger partial charge in [-0.25, -0.2) is 0 Å². The Labute approximate surface area is 131 Å². The molecule has 116 valence electrons. The van der Waals surface area contributed by atoms with Crippen molar-refractivity contribution in [2.75, 3.05) is 18.9 Å². The molecule has 1 N–H and O–H groups in total. The van der Waals surface area contributed by atoms with E-state index in [0.29, 0.717) is 24.7 Å². The first-order valence-electron chi connectivity index (χ1n) is 7.52. The molecule has 0 amide bonds. The van der Waals surface area contributed by atoms with Gasteiger partial charge in [-0.1, -0.05) is 0 Å². The van der Waals surface area contributed by atoms with Crippen molar-refractivity contribution in [3.63, 3.8) is 0 Å². The normalized spacial score (nSPS) is 20.0. The molecule has 0 unspecified atom stereocenters. The maximum atomic E-state index is 11.6. The van der Waals surface area contributed by atoms with Crippen LogP contribution in [0.4, 0.5) is 0 Å². The van der Waals surface area contributed by atoms with Crippen molar-refractivity contribution in [1.29, 1.82) is 0 Å². The molecule has 3 nitrogen and oxygen atoms in total. The second kappa shape index (κ2) is 5.75. The van der Waals surface area contributed by atoms with Crippen LogP contribution >= 0.6 is 7.06 Å². The molecule has 0 saturated heterocycles. The Morgan fingerprint density at radius 3 is 2.09 bits per heavy atom. The third kappa shape index (κ3) is 2.75. The molecule has 1 heterocycles. The predicted octanol–water partition coefficient (Wildman–Crippen LogP) is 3.74. The van der Waals surface area contributed by atoms with Crippen molar-refractivity contribution >= 4 is 12.4 Å². The molecule has 1 aliphatic heterocycles. The van der Waals surface area contributed by atoms with Crippen molar-refractivity contribution in [2.24, 2.45) is 0 Å². The van der Waals surface area contributed by atoms with Gasteiger partial charge in [-0.05, 0) is 0 Å². The topological polar surface area (TPSA) is 38.7 Å². The number of allylic oxidation sites excluding steroid dienone is 2. The van der Waals surface area contributed by atoms with Gasteiger partial charge >= 0.3 is 131 Å². The third-order valence-electron chi connectivity index (χ3n) is 3.93. The van der Waals surface area contributed by atoms with Gasteiger partial charge in [0.05, 0.1) is 0 Å². The molecule has 0 fully saturated rings. The number of hydrogen-bond donors (Lipinski definition) is 1. The fourth-order valence-corrected chi connectivity index (χ4v) is 6.24. The van der Waals surface area contributed by atoms with Gasteiger partial charge in [0.15, 0.2) is 0 Å². The van der Waals surface area contributed by atoms with E-state index in [-0.39, 0.29) is 0 Å². The van der Waals surface area contributed by atoms with E-state index in [4.69, 9.17) is 9.26 Å². The zero-order valence-electron chi connectivity index (χ0n) is 12.7. The zero-order chi connectivity index (χ0) is 15.5. The molecule has 1 aliphatic rings. The fraction of sp³-hybridized carbons (Fsp3) is 0.222. The van der Waals surface area contributed by atoms with E-state index in [2.05, 4.69) is 0 Å². The van der Waals surface area contributed by atoms with Crippen LogP contribution in [0.15, 0.2) is 66.7 Å². The summed E-state index contributed by atoms with van der Waals surface area (Å²) in [5, 5.41) is 0.896. The van der Waals surface area contributed by atoms with Crippen LogP contribution in [-0.2, 0) is 0 Å². The van der Waals surface area contributed by atoms with Crippen LogP contribution in [0.5, 0.6) is 11.5 Å². The second-order valence-corrected chi connectivity index (χ2v) is 9.66. The van der Waals surface area contributed by atoms with Crippen molar-refractivity contribution in [3.8, 4) is 11.5 Å². The van der Waals surface area contributed by atoms with E-state index in [9.17, 15) is 4.89 Å². The maximum absolute atomic E-state index is 11.6. The van der Waals surface area contributed by atoms with Crippen LogP contribution in [0, 0.1) is 0 Å². The Hall–Kier alpha value is -1.83. The molecule has 3 rings (SSSR count). The van der Waals surface area contributed by atoms with E-state index < -0.39 is 7.06 Å². The number of rotatable bonds is 5. The Balaban J connectivity index is 1.92. The second-order valence-electron chi connectivity index (χ2n) is 5.52. The Morgan fingerprint density at radius 1 is 0.909 bits per heavy atom. The Morgan fingerprint density at radius 2 is 1.50 bits per heavy atom. The molecule has 2 aromatic rings. The van der Waals surface area contributed by atoms with E-state index in [1.54, 1.807) is 0 Å². The summed E-state index contributed by atoms with van der Waals surface area (Å²) in [5.41, 5.74) is 0. The Bertz CT molecular complexity index is 656. The summed E-state index contributed by atoms with van der Waals surface area (Å²) in [4.78, 5) is 11.6. The van der Waals surface area contributed by atoms with Gasteiger partial charge in [-0.2, -0.15) is 0 Å². The number of benzene rings is 2. The molecular formula is C18H21O3P. The van der Waals surface area contributed by atoms with Crippen molar-refractivity contribution in [3.05, 3.63) is 66.7 Å². The van der Waals surface area contributed by atoms with Gasteiger partial charge in [0.25, 0.3) is 0 Å². The number of ether oxygens (including phenoxy) is 1. The summed E-state index contributed by atoms with van der Waals surface area (Å²) in [6.07, 6.45) is 5.14. The van der Waals surface area contributed by atoms with E-state index in [1.165, 1.54) is 0 Å². The monoisotopic (exact) mass is 316 g/mol. The summed E-state index contributed by atoms with van der Waals surface area (Å²) in [6.45, 7) is 2.59. The predicted molar refractivity (Wildman–Crippen MR) is 92.3 cm³/mol. The summed E-state index contributed by atoms with van der Waals surface area (Å²) >= 11 is 0. The first-order chi connectivity index (χ1) is 10.6. The standard InChI is InChI=1S/C18H21O3P/c1-2-20-16-10-12-17(13-11-16)21-22(19,14-6-7-15-22)18-8-4-3-5-9-18/h3-13,19H,2,14-15H2,1H3. The summed E-state index contributed by atoms with van der Waals surface area (Å²) in [6, 6.07) is 17.2. The van der Waals surface area contributed by atoms with Gasteiger partial charge in [0, 0.05) is 0 Å². The molecule has 0 atom stereocenters. The van der Waals surface area contributed by atoms with Crippen LogP contribution in [0.25, 0.3) is 0 Å². The van der Waals surface area contributed by atoms with E-state index >= 15 is 0 Å². The Kier molecular flexibility index (Phi) is 3.94. The molecule has 0 aliphatic carbocycles. The van der Waals surface area contributed by atoms with E-state index in [1.807, 2.05) is 73.7 Å². The summed E-state index contributed by atoms with van der Waals surface area (Å²) in [5.74, 6) is 1.48. The SMILES string of the molecule is CCOc1ccc(OP2(O)(c3ccccc3)CC=CC2)cc1. The molecule has 0 spiro atoms. The van der Waals surface area contributed by atoms with Crippen molar-refractivity contribution in [2.45, 2.75) is 6.92 Å². The van der Waals surface area contributed by atoms with Crippen LogP contribution in [-0.4, -0.2) is 23.8 Å². The average Bonchev–Trinajstić information content (AvgIpc) is 2.95. The first-order valence-corrected chi connectivity index (χ1v) is 10.0. The van der Waals surface area contributed by atoms with Gasteiger partial charge in [0.2, 0.25) is 0 Å². The van der Waals surface area contributed by atoms with Crippen LogP contribution in [0.1, 0.15) is 6.92 Å². The average molecular weight is 316 g/mol.